The first kappa shape index (κ1) is 11.8. The second kappa shape index (κ2) is 5.62. The van der Waals surface area contributed by atoms with Crippen LogP contribution in [0.2, 0.25) is 0 Å². The van der Waals surface area contributed by atoms with Crippen molar-refractivity contribution < 1.29 is 4.39 Å². The van der Waals surface area contributed by atoms with Gasteiger partial charge in [0.25, 0.3) is 0 Å². The maximum Gasteiger partial charge on any atom is 0.123 e. The zero-order valence-corrected chi connectivity index (χ0v) is 10.1. The molecule has 0 atom stereocenters. The monoisotopic (exact) mass is 228 g/mol. The van der Waals surface area contributed by atoms with E-state index in [0.29, 0.717) is 0 Å². The average molecular weight is 228 g/mol. The Kier molecular flexibility index (Phi) is 3.92. The molecule has 88 valence electrons. The van der Waals surface area contributed by atoms with Gasteiger partial charge in [0.2, 0.25) is 0 Å². The number of benzene rings is 2. The molecule has 0 unspecified atom stereocenters. The van der Waals surface area contributed by atoms with Gasteiger partial charge in [0.15, 0.2) is 0 Å². The average Bonchev–Trinajstić information content (AvgIpc) is 2.38. The van der Waals surface area contributed by atoms with Crippen molar-refractivity contribution in [2.45, 2.75) is 26.2 Å². The highest BCUT2D eigenvalue weighted by atomic mass is 19.1. The second-order valence-electron chi connectivity index (χ2n) is 4.31. The zero-order valence-electron chi connectivity index (χ0n) is 10.1. The van der Waals surface area contributed by atoms with E-state index in [9.17, 15) is 4.39 Å². The van der Waals surface area contributed by atoms with Crippen LogP contribution in [0.15, 0.2) is 48.5 Å². The molecule has 0 saturated heterocycles. The molecule has 0 heterocycles. The van der Waals surface area contributed by atoms with Crippen LogP contribution in [0.5, 0.6) is 0 Å². The van der Waals surface area contributed by atoms with Crippen molar-refractivity contribution in [3.63, 3.8) is 0 Å². The van der Waals surface area contributed by atoms with Crippen molar-refractivity contribution in [3.05, 3.63) is 59.9 Å². The minimum Gasteiger partial charge on any atom is -0.207 e. The molecule has 0 amide bonds. The van der Waals surface area contributed by atoms with Crippen LogP contribution in [0.25, 0.3) is 11.1 Å². The van der Waals surface area contributed by atoms with Crippen LogP contribution < -0.4 is 0 Å². The molecule has 0 nitrogen and oxygen atoms in total. The predicted molar refractivity (Wildman–Crippen MR) is 70.4 cm³/mol. The van der Waals surface area contributed by atoms with Crippen LogP contribution >= 0.6 is 0 Å². The molecule has 0 aliphatic rings. The molecule has 0 saturated carbocycles. The standard InChI is InChI=1S/C16H17F/c1-2-3-4-13-5-7-14(8-6-13)15-9-11-16(17)12-10-15/h5-12H,2-4H2,1H3. The fourth-order valence-electron chi connectivity index (χ4n) is 1.89. The van der Waals surface area contributed by atoms with E-state index in [0.717, 1.165) is 17.5 Å². The molecule has 0 N–H and O–H groups in total. The molecule has 0 aromatic heterocycles. The molecule has 2 aromatic rings. The molecule has 2 rings (SSSR count). The Hall–Kier alpha value is -1.63. The van der Waals surface area contributed by atoms with E-state index in [2.05, 4.69) is 31.2 Å². The van der Waals surface area contributed by atoms with Crippen LogP contribution in [-0.2, 0) is 6.42 Å². The summed E-state index contributed by atoms with van der Waals surface area (Å²) in [7, 11) is 0. The van der Waals surface area contributed by atoms with Gasteiger partial charge in [-0.05, 0) is 41.7 Å². The first-order chi connectivity index (χ1) is 8.29. The summed E-state index contributed by atoms with van der Waals surface area (Å²) in [6, 6.07) is 15.2. The number of hydrogen-bond acceptors (Lipinski definition) is 0. The van der Waals surface area contributed by atoms with Crippen LogP contribution in [0, 0.1) is 5.82 Å². The van der Waals surface area contributed by atoms with Crippen molar-refractivity contribution in [1.82, 2.24) is 0 Å². The predicted octanol–water partition coefficient (Wildman–Crippen LogP) is 4.84. The lowest BCUT2D eigenvalue weighted by Gasteiger charge is -2.04. The van der Waals surface area contributed by atoms with Gasteiger partial charge in [0.05, 0.1) is 0 Å². The van der Waals surface area contributed by atoms with Gasteiger partial charge in [-0.2, -0.15) is 0 Å². The molecule has 2 aromatic carbocycles. The Morgan fingerprint density at radius 3 is 1.88 bits per heavy atom. The number of aryl methyl sites for hydroxylation is 1. The Balaban J connectivity index is 2.14. The van der Waals surface area contributed by atoms with Crippen LogP contribution in [0.1, 0.15) is 25.3 Å². The van der Waals surface area contributed by atoms with Gasteiger partial charge in [-0.1, -0.05) is 49.7 Å². The van der Waals surface area contributed by atoms with E-state index >= 15 is 0 Å². The van der Waals surface area contributed by atoms with E-state index in [1.54, 1.807) is 0 Å². The summed E-state index contributed by atoms with van der Waals surface area (Å²) in [5.41, 5.74) is 3.58. The SMILES string of the molecule is CCCCc1ccc(-c2ccc(F)cc2)cc1. The van der Waals surface area contributed by atoms with Crippen molar-refractivity contribution in [2.24, 2.45) is 0 Å². The minimum atomic E-state index is -0.187. The zero-order chi connectivity index (χ0) is 12.1. The maximum atomic E-state index is 12.8. The number of halogens is 1. The molecule has 0 bridgehead atoms. The first-order valence-electron chi connectivity index (χ1n) is 6.14. The van der Waals surface area contributed by atoms with E-state index in [1.165, 1.54) is 30.5 Å². The highest BCUT2D eigenvalue weighted by Gasteiger charge is 1.98. The highest BCUT2D eigenvalue weighted by Crippen LogP contribution is 2.20. The van der Waals surface area contributed by atoms with Crippen LogP contribution in [0.3, 0.4) is 0 Å². The molecule has 0 aliphatic heterocycles. The van der Waals surface area contributed by atoms with Gasteiger partial charge in [-0.25, -0.2) is 4.39 Å². The fraction of sp³-hybridized carbons (Fsp3) is 0.250. The minimum absolute atomic E-state index is 0.187. The molecule has 17 heavy (non-hydrogen) atoms. The van der Waals surface area contributed by atoms with Crippen molar-refractivity contribution in [3.8, 4) is 11.1 Å². The molecular weight excluding hydrogens is 211 g/mol. The molecule has 0 aliphatic carbocycles. The van der Waals surface area contributed by atoms with Gasteiger partial charge in [0.1, 0.15) is 5.82 Å². The largest absolute Gasteiger partial charge is 0.207 e. The van der Waals surface area contributed by atoms with Gasteiger partial charge >= 0.3 is 0 Å². The first-order valence-corrected chi connectivity index (χ1v) is 6.14. The molecule has 1 heteroatoms. The van der Waals surface area contributed by atoms with E-state index < -0.39 is 0 Å². The van der Waals surface area contributed by atoms with E-state index in [1.807, 2.05) is 12.1 Å². The highest BCUT2D eigenvalue weighted by molar-refractivity contribution is 5.63. The lowest BCUT2D eigenvalue weighted by atomic mass is 10.0. The quantitative estimate of drug-likeness (QED) is 0.702. The maximum absolute atomic E-state index is 12.8. The van der Waals surface area contributed by atoms with Gasteiger partial charge in [-0.3, -0.25) is 0 Å². The van der Waals surface area contributed by atoms with Crippen molar-refractivity contribution in [2.75, 3.05) is 0 Å². The Bertz CT molecular complexity index is 454. The molecule has 0 fully saturated rings. The molecule has 0 radical (unpaired) electrons. The number of rotatable bonds is 4. The van der Waals surface area contributed by atoms with Gasteiger partial charge in [0, 0.05) is 0 Å². The smallest absolute Gasteiger partial charge is 0.123 e. The number of hydrogen-bond donors (Lipinski definition) is 0. The fourth-order valence-corrected chi connectivity index (χ4v) is 1.89. The third-order valence-corrected chi connectivity index (χ3v) is 2.95. The summed E-state index contributed by atoms with van der Waals surface area (Å²) in [4.78, 5) is 0. The summed E-state index contributed by atoms with van der Waals surface area (Å²) in [5.74, 6) is -0.187. The van der Waals surface area contributed by atoms with Crippen LogP contribution in [-0.4, -0.2) is 0 Å². The number of unbranched alkanes of at least 4 members (excludes halogenated alkanes) is 1. The second-order valence-corrected chi connectivity index (χ2v) is 4.31. The van der Waals surface area contributed by atoms with Crippen molar-refractivity contribution in [1.29, 1.82) is 0 Å². The van der Waals surface area contributed by atoms with Gasteiger partial charge in [-0.15, -0.1) is 0 Å². The lowest BCUT2D eigenvalue weighted by Crippen LogP contribution is -1.85. The van der Waals surface area contributed by atoms with Crippen LogP contribution in [0.4, 0.5) is 4.39 Å². The van der Waals surface area contributed by atoms with Gasteiger partial charge < -0.3 is 0 Å². The molecular formula is C16H17F. The third-order valence-electron chi connectivity index (χ3n) is 2.95. The Morgan fingerprint density at radius 1 is 0.824 bits per heavy atom. The van der Waals surface area contributed by atoms with E-state index in [-0.39, 0.29) is 5.82 Å². The summed E-state index contributed by atoms with van der Waals surface area (Å²) >= 11 is 0. The Morgan fingerprint density at radius 2 is 1.35 bits per heavy atom. The topological polar surface area (TPSA) is 0 Å². The van der Waals surface area contributed by atoms with Crippen molar-refractivity contribution >= 4 is 0 Å². The summed E-state index contributed by atoms with van der Waals surface area (Å²) in [6.45, 7) is 2.20. The third kappa shape index (κ3) is 3.16. The summed E-state index contributed by atoms with van der Waals surface area (Å²) in [5, 5.41) is 0. The normalized spacial score (nSPS) is 10.5. The van der Waals surface area contributed by atoms with E-state index in [4.69, 9.17) is 0 Å². The summed E-state index contributed by atoms with van der Waals surface area (Å²) < 4.78 is 12.8. The lowest BCUT2D eigenvalue weighted by molar-refractivity contribution is 0.628. The molecule has 0 spiro atoms. The summed E-state index contributed by atoms with van der Waals surface area (Å²) in [6.07, 6.45) is 3.59. The Labute approximate surface area is 102 Å².